The maximum atomic E-state index is 4.56. The third kappa shape index (κ3) is 1.83. The minimum absolute atomic E-state index is 1.02. The molecule has 0 fully saturated rings. The van der Waals surface area contributed by atoms with Crippen LogP contribution >= 0.6 is 15.9 Å². The summed E-state index contributed by atoms with van der Waals surface area (Å²) in [6.45, 7) is 3.28. The van der Waals surface area contributed by atoms with Crippen LogP contribution in [-0.2, 0) is 13.5 Å². The van der Waals surface area contributed by atoms with Crippen LogP contribution in [0, 0.1) is 6.92 Å². The van der Waals surface area contributed by atoms with Crippen LogP contribution in [0.4, 0.5) is 5.69 Å². The molecule has 0 unspecified atom stereocenters. The van der Waals surface area contributed by atoms with E-state index >= 15 is 0 Å². The second kappa shape index (κ2) is 4.85. The molecule has 0 saturated carbocycles. The van der Waals surface area contributed by atoms with Crippen molar-refractivity contribution < 1.29 is 0 Å². The molecule has 3 heterocycles. The maximum Gasteiger partial charge on any atom is 0.141 e. The van der Waals surface area contributed by atoms with Crippen molar-refractivity contribution in [1.82, 2.24) is 9.55 Å². The van der Waals surface area contributed by atoms with Crippen molar-refractivity contribution in [2.75, 3.05) is 18.5 Å². The molecule has 0 atom stereocenters. The van der Waals surface area contributed by atoms with Gasteiger partial charge < -0.3 is 9.47 Å². The van der Waals surface area contributed by atoms with Gasteiger partial charge in [-0.15, -0.1) is 0 Å². The molecule has 4 rings (SSSR count). The molecule has 1 aromatic carbocycles. The van der Waals surface area contributed by atoms with Gasteiger partial charge in [-0.25, -0.2) is 4.98 Å². The van der Waals surface area contributed by atoms with Gasteiger partial charge in [-0.3, -0.25) is 0 Å². The highest BCUT2D eigenvalue weighted by Gasteiger charge is 2.20. The Balaban J connectivity index is 2.03. The van der Waals surface area contributed by atoms with E-state index in [1.54, 1.807) is 0 Å². The van der Waals surface area contributed by atoms with Gasteiger partial charge in [0.1, 0.15) is 5.65 Å². The summed E-state index contributed by atoms with van der Waals surface area (Å²) in [5.41, 5.74) is 7.62. The van der Waals surface area contributed by atoms with Gasteiger partial charge in [0, 0.05) is 53.6 Å². The highest BCUT2D eigenvalue weighted by Crippen LogP contribution is 2.40. The first-order chi connectivity index (χ1) is 10.6. The maximum absolute atomic E-state index is 4.56. The van der Waals surface area contributed by atoms with Crippen molar-refractivity contribution in [2.24, 2.45) is 7.05 Å². The SMILES string of the molecule is Cc1c(-c2ccc3c(c2)N(C)CC3)c2c(Br)ccnc2n1C. The lowest BCUT2D eigenvalue weighted by Crippen LogP contribution is -2.12. The number of pyridine rings is 1. The first-order valence-corrected chi connectivity index (χ1v) is 8.31. The fraction of sp³-hybridized carbons (Fsp3) is 0.278. The van der Waals surface area contributed by atoms with Crippen molar-refractivity contribution in [3.05, 3.63) is 46.2 Å². The van der Waals surface area contributed by atoms with Crippen LogP contribution in [0.2, 0.25) is 0 Å². The summed E-state index contributed by atoms with van der Waals surface area (Å²) in [7, 11) is 4.25. The minimum atomic E-state index is 1.02. The van der Waals surface area contributed by atoms with E-state index in [9.17, 15) is 0 Å². The van der Waals surface area contributed by atoms with Crippen LogP contribution in [0.25, 0.3) is 22.2 Å². The number of hydrogen-bond donors (Lipinski definition) is 0. The van der Waals surface area contributed by atoms with Gasteiger partial charge >= 0.3 is 0 Å². The molecule has 2 aromatic heterocycles. The Morgan fingerprint density at radius 3 is 2.82 bits per heavy atom. The Hall–Kier alpha value is -1.81. The number of halogens is 1. The molecule has 0 radical (unpaired) electrons. The van der Waals surface area contributed by atoms with Gasteiger partial charge in [0.2, 0.25) is 0 Å². The zero-order valence-corrected chi connectivity index (χ0v) is 14.6. The minimum Gasteiger partial charge on any atom is -0.374 e. The lowest BCUT2D eigenvalue weighted by atomic mass is 10.0. The highest BCUT2D eigenvalue weighted by atomic mass is 79.9. The second-order valence-corrected chi connectivity index (χ2v) is 6.88. The first-order valence-electron chi connectivity index (χ1n) is 7.52. The standard InChI is InChI=1S/C18H18BrN3/c1-11-16(17-14(19)6-8-20-18(17)22(11)3)13-5-4-12-7-9-21(2)15(12)10-13/h4-6,8,10H,7,9H2,1-3H3. The predicted octanol–water partition coefficient (Wildman–Crippen LogP) is 4.30. The zero-order chi connectivity index (χ0) is 15.4. The number of anilines is 1. The Morgan fingerprint density at radius 1 is 1.18 bits per heavy atom. The summed E-state index contributed by atoms with van der Waals surface area (Å²) in [5, 5.41) is 1.20. The highest BCUT2D eigenvalue weighted by molar-refractivity contribution is 9.10. The van der Waals surface area contributed by atoms with Gasteiger partial charge in [-0.1, -0.05) is 12.1 Å². The third-order valence-electron chi connectivity index (χ3n) is 4.81. The predicted molar refractivity (Wildman–Crippen MR) is 95.6 cm³/mol. The van der Waals surface area contributed by atoms with Crippen LogP contribution in [0.3, 0.4) is 0 Å². The summed E-state index contributed by atoms with van der Waals surface area (Å²) < 4.78 is 3.27. The fourth-order valence-electron chi connectivity index (χ4n) is 3.47. The van der Waals surface area contributed by atoms with E-state index in [1.165, 1.54) is 33.5 Å². The average molecular weight is 356 g/mol. The number of aromatic nitrogens is 2. The summed E-state index contributed by atoms with van der Waals surface area (Å²) in [5.74, 6) is 0. The molecule has 4 heteroatoms. The number of rotatable bonds is 1. The molecule has 0 saturated heterocycles. The fourth-order valence-corrected chi connectivity index (χ4v) is 3.96. The largest absolute Gasteiger partial charge is 0.374 e. The molecule has 3 nitrogen and oxygen atoms in total. The normalized spacial score (nSPS) is 13.9. The summed E-state index contributed by atoms with van der Waals surface area (Å²) in [6, 6.07) is 8.87. The van der Waals surface area contributed by atoms with Gasteiger partial charge in [-0.2, -0.15) is 0 Å². The zero-order valence-electron chi connectivity index (χ0n) is 13.0. The van der Waals surface area contributed by atoms with Crippen LogP contribution in [0.1, 0.15) is 11.3 Å². The molecular weight excluding hydrogens is 338 g/mol. The summed E-state index contributed by atoms with van der Waals surface area (Å²) in [4.78, 5) is 6.90. The Kier molecular flexibility index (Phi) is 3.05. The molecule has 112 valence electrons. The van der Waals surface area contributed by atoms with Gasteiger partial charge in [0.05, 0.1) is 0 Å². The van der Waals surface area contributed by atoms with Crippen molar-refractivity contribution in [3.8, 4) is 11.1 Å². The van der Waals surface area contributed by atoms with E-state index in [2.05, 4.69) is 69.6 Å². The van der Waals surface area contributed by atoms with E-state index in [4.69, 9.17) is 0 Å². The van der Waals surface area contributed by atoms with Crippen molar-refractivity contribution in [1.29, 1.82) is 0 Å². The second-order valence-electron chi connectivity index (χ2n) is 6.03. The average Bonchev–Trinajstić information content (AvgIpc) is 3.00. The molecule has 1 aliphatic rings. The lowest BCUT2D eigenvalue weighted by Gasteiger charge is -2.13. The topological polar surface area (TPSA) is 21.1 Å². The lowest BCUT2D eigenvalue weighted by molar-refractivity contribution is 0.903. The van der Waals surface area contributed by atoms with E-state index in [0.29, 0.717) is 0 Å². The van der Waals surface area contributed by atoms with Crippen LogP contribution in [0.15, 0.2) is 34.9 Å². The van der Waals surface area contributed by atoms with Crippen LogP contribution in [0.5, 0.6) is 0 Å². The van der Waals surface area contributed by atoms with Crippen molar-refractivity contribution in [2.45, 2.75) is 13.3 Å². The molecule has 3 aromatic rings. The summed E-state index contributed by atoms with van der Waals surface area (Å²) in [6.07, 6.45) is 3.00. The van der Waals surface area contributed by atoms with E-state index in [1.807, 2.05) is 12.3 Å². The number of benzene rings is 1. The van der Waals surface area contributed by atoms with E-state index in [-0.39, 0.29) is 0 Å². The molecule has 0 spiro atoms. The number of hydrogen-bond acceptors (Lipinski definition) is 2. The van der Waals surface area contributed by atoms with Gasteiger partial charge in [-0.05, 0) is 52.5 Å². The number of nitrogens with zero attached hydrogens (tertiary/aromatic N) is 3. The van der Waals surface area contributed by atoms with Gasteiger partial charge in [0.25, 0.3) is 0 Å². The molecule has 0 bridgehead atoms. The summed E-state index contributed by atoms with van der Waals surface area (Å²) >= 11 is 3.70. The third-order valence-corrected chi connectivity index (χ3v) is 5.48. The molecule has 0 amide bonds. The van der Waals surface area contributed by atoms with Crippen molar-refractivity contribution >= 4 is 32.7 Å². The molecular formula is C18H18BrN3. The molecule has 22 heavy (non-hydrogen) atoms. The van der Waals surface area contributed by atoms with E-state index in [0.717, 1.165) is 23.1 Å². The van der Waals surface area contributed by atoms with Crippen molar-refractivity contribution in [3.63, 3.8) is 0 Å². The van der Waals surface area contributed by atoms with E-state index < -0.39 is 0 Å². The molecule has 1 aliphatic heterocycles. The Labute approximate surface area is 138 Å². The molecule has 0 N–H and O–H groups in total. The quantitative estimate of drug-likeness (QED) is 0.648. The number of likely N-dealkylation sites (N-methyl/N-ethyl adjacent to an activating group) is 1. The monoisotopic (exact) mass is 355 g/mol. The number of fused-ring (bicyclic) bond motifs is 2. The first kappa shape index (κ1) is 13.8. The van der Waals surface area contributed by atoms with Crippen LogP contribution < -0.4 is 4.90 Å². The Morgan fingerprint density at radius 2 is 2.00 bits per heavy atom. The van der Waals surface area contributed by atoms with Crippen LogP contribution in [-0.4, -0.2) is 23.1 Å². The Bertz CT molecular complexity index is 895. The number of aryl methyl sites for hydroxylation is 1. The smallest absolute Gasteiger partial charge is 0.141 e. The molecule has 0 aliphatic carbocycles. The van der Waals surface area contributed by atoms with Gasteiger partial charge in [0.15, 0.2) is 0 Å².